The molecule has 0 aliphatic carbocycles. The van der Waals surface area contributed by atoms with Gasteiger partial charge in [-0.1, -0.05) is 18.2 Å². The third-order valence-electron chi connectivity index (χ3n) is 3.58. The van der Waals surface area contributed by atoms with E-state index in [1.54, 1.807) is 17.9 Å². The lowest BCUT2D eigenvalue weighted by atomic mass is 10.0. The van der Waals surface area contributed by atoms with Gasteiger partial charge in [-0.2, -0.15) is 0 Å². The van der Waals surface area contributed by atoms with Crippen molar-refractivity contribution in [2.45, 2.75) is 19.8 Å². The van der Waals surface area contributed by atoms with Crippen LogP contribution >= 0.6 is 0 Å². The van der Waals surface area contributed by atoms with Crippen molar-refractivity contribution in [3.63, 3.8) is 0 Å². The highest BCUT2D eigenvalue weighted by molar-refractivity contribution is 6.06. The van der Waals surface area contributed by atoms with E-state index in [0.29, 0.717) is 17.8 Å². The summed E-state index contributed by atoms with van der Waals surface area (Å²) in [5.41, 5.74) is 3.06. The van der Waals surface area contributed by atoms with Crippen molar-refractivity contribution < 1.29 is 4.79 Å². The van der Waals surface area contributed by atoms with Crippen molar-refractivity contribution in [3.05, 3.63) is 63.6 Å². The Bertz CT molecular complexity index is 718. The first-order chi connectivity index (χ1) is 9.65. The van der Waals surface area contributed by atoms with Crippen LogP contribution in [0.4, 0.5) is 5.69 Å². The summed E-state index contributed by atoms with van der Waals surface area (Å²) in [6.07, 6.45) is 1.94. The minimum Gasteiger partial charge on any atom is -0.326 e. The number of rotatable bonds is 1. The summed E-state index contributed by atoms with van der Waals surface area (Å²) in [7, 11) is 0. The molecule has 0 atom stereocenters. The van der Waals surface area contributed by atoms with Crippen LogP contribution in [-0.4, -0.2) is 17.4 Å². The zero-order chi connectivity index (χ0) is 14.1. The van der Waals surface area contributed by atoms with E-state index in [1.807, 2.05) is 18.2 Å². The zero-order valence-corrected chi connectivity index (χ0v) is 11.3. The normalized spacial score (nSPS) is 13.9. The molecule has 2 heterocycles. The van der Waals surface area contributed by atoms with Gasteiger partial charge in [0.25, 0.3) is 5.91 Å². The fraction of sp³-hybridized carbons (Fsp3) is 0.250. The molecule has 1 aromatic heterocycles. The summed E-state index contributed by atoms with van der Waals surface area (Å²) < 4.78 is 0. The average molecular weight is 268 g/mol. The van der Waals surface area contributed by atoms with Crippen molar-refractivity contribution in [2.75, 3.05) is 11.4 Å². The summed E-state index contributed by atoms with van der Waals surface area (Å²) >= 11 is 0. The molecule has 0 fully saturated rings. The summed E-state index contributed by atoms with van der Waals surface area (Å²) in [5, 5.41) is 0. The second kappa shape index (κ2) is 4.96. The van der Waals surface area contributed by atoms with E-state index in [4.69, 9.17) is 0 Å². The quantitative estimate of drug-likeness (QED) is 0.862. The van der Waals surface area contributed by atoms with Gasteiger partial charge >= 0.3 is 0 Å². The smallest absolute Gasteiger partial charge is 0.258 e. The van der Waals surface area contributed by atoms with Crippen LogP contribution in [0.3, 0.4) is 0 Å². The number of H-pyrrole nitrogens is 1. The van der Waals surface area contributed by atoms with Gasteiger partial charge in [0.1, 0.15) is 0 Å². The number of para-hydroxylation sites is 1. The average Bonchev–Trinajstić information content (AvgIpc) is 2.45. The Morgan fingerprint density at radius 3 is 2.85 bits per heavy atom. The van der Waals surface area contributed by atoms with Gasteiger partial charge in [0.2, 0.25) is 5.56 Å². The maximum atomic E-state index is 12.6. The monoisotopic (exact) mass is 268 g/mol. The van der Waals surface area contributed by atoms with Crippen molar-refractivity contribution in [3.8, 4) is 0 Å². The Balaban J connectivity index is 2.01. The van der Waals surface area contributed by atoms with Crippen LogP contribution in [0.15, 0.2) is 41.2 Å². The molecule has 102 valence electrons. The Kier molecular flexibility index (Phi) is 3.14. The molecule has 1 aliphatic rings. The van der Waals surface area contributed by atoms with E-state index in [1.165, 1.54) is 11.6 Å². The van der Waals surface area contributed by atoms with Gasteiger partial charge in [-0.05, 0) is 37.5 Å². The summed E-state index contributed by atoms with van der Waals surface area (Å²) in [6.45, 7) is 2.48. The molecule has 1 amide bonds. The molecule has 3 rings (SSSR count). The Labute approximate surface area is 117 Å². The number of carbonyl (C=O) groups excluding carboxylic acids is 1. The van der Waals surface area contributed by atoms with Crippen LogP contribution < -0.4 is 10.5 Å². The number of carbonyl (C=O) groups is 1. The van der Waals surface area contributed by atoms with Crippen molar-refractivity contribution in [1.29, 1.82) is 0 Å². The molecule has 20 heavy (non-hydrogen) atoms. The molecule has 2 aromatic rings. The van der Waals surface area contributed by atoms with E-state index >= 15 is 0 Å². The highest BCUT2D eigenvalue weighted by Crippen LogP contribution is 2.27. The number of anilines is 1. The number of fused-ring (bicyclic) bond motifs is 1. The number of hydrogen-bond acceptors (Lipinski definition) is 2. The summed E-state index contributed by atoms with van der Waals surface area (Å²) in [4.78, 5) is 28.6. The SMILES string of the molecule is Cc1cc(C(=O)N2CCCc3ccccc32)cc(=O)[nH]1. The van der Waals surface area contributed by atoms with Gasteiger partial charge in [-0.25, -0.2) is 0 Å². The molecule has 0 bridgehead atoms. The maximum Gasteiger partial charge on any atom is 0.258 e. The third-order valence-corrected chi connectivity index (χ3v) is 3.58. The first kappa shape index (κ1) is 12.7. The number of aryl methyl sites for hydroxylation is 2. The standard InChI is InChI=1S/C16H16N2O2/c1-11-9-13(10-15(19)17-11)16(20)18-8-4-6-12-5-2-3-7-14(12)18/h2-3,5,7,9-10H,4,6,8H2,1H3,(H,17,19). The number of aromatic nitrogens is 1. The topological polar surface area (TPSA) is 53.2 Å². The second-order valence-corrected chi connectivity index (χ2v) is 5.11. The Hall–Kier alpha value is -2.36. The largest absolute Gasteiger partial charge is 0.326 e. The highest BCUT2D eigenvalue weighted by atomic mass is 16.2. The van der Waals surface area contributed by atoms with Crippen LogP contribution in [-0.2, 0) is 6.42 Å². The van der Waals surface area contributed by atoms with Gasteiger partial charge in [0.05, 0.1) is 0 Å². The van der Waals surface area contributed by atoms with Crippen LogP contribution in [0.5, 0.6) is 0 Å². The van der Waals surface area contributed by atoms with Crippen molar-refractivity contribution in [2.24, 2.45) is 0 Å². The predicted octanol–water partition coefficient (Wildman–Crippen LogP) is 2.28. The van der Waals surface area contributed by atoms with E-state index in [0.717, 1.165) is 18.5 Å². The Morgan fingerprint density at radius 1 is 1.25 bits per heavy atom. The molecule has 1 aromatic carbocycles. The lowest BCUT2D eigenvalue weighted by Crippen LogP contribution is -2.36. The molecule has 4 heteroatoms. The zero-order valence-electron chi connectivity index (χ0n) is 11.3. The van der Waals surface area contributed by atoms with E-state index in [9.17, 15) is 9.59 Å². The van der Waals surface area contributed by atoms with E-state index in [2.05, 4.69) is 11.1 Å². The molecular weight excluding hydrogens is 252 g/mol. The lowest BCUT2D eigenvalue weighted by Gasteiger charge is -2.29. The molecule has 0 saturated heterocycles. The number of nitrogens with zero attached hydrogens (tertiary/aromatic N) is 1. The third kappa shape index (κ3) is 2.25. The van der Waals surface area contributed by atoms with Crippen molar-refractivity contribution >= 4 is 11.6 Å². The molecule has 0 saturated carbocycles. The fourth-order valence-corrected chi connectivity index (χ4v) is 2.71. The van der Waals surface area contributed by atoms with Crippen LogP contribution in [0, 0.1) is 6.92 Å². The number of nitrogens with one attached hydrogen (secondary N) is 1. The first-order valence-corrected chi connectivity index (χ1v) is 6.76. The van der Waals surface area contributed by atoms with Gasteiger partial charge in [-0.3, -0.25) is 9.59 Å². The minimum atomic E-state index is -0.237. The summed E-state index contributed by atoms with van der Waals surface area (Å²) in [6, 6.07) is 11.0. The lowest BCUT2D eigenvalue weighted by molar-refractivity contribution is 0.0985. The molecule has 0 radical (unpaired) electrons. The van der Waals surface area contributed by atoms with Gasteiger partial charge in [0.15, 0.2) is 0 Å². The first-order valence-electron chi connectivity index (χ1n) is 6.76. The van der Waals surface area contributed by atoms with E-state index < -0.39 is 0 Å². The van der Waals surface area contributed by atoms with Crippen molar-refractivity contribution in [1.82, 2.24) is 4.98 Å². The van der Waals surface area contributed by atoms with Crippen LogP contribution in [0.25, 0.3) is 0 Å². The highest BCUT2D eigenvalue weighted by Gasteiger charge is 2.23. The molecule has 4 nitrogen and oxygen atoms in total. The number of amides is 1. The molecule has 1 aliphatic heterocycles. The Morgan fingerprint density at radius 2 is 2.05 bits per heavy atom. The van der Waals surface area contributed by atoms with Gasteiger partial charge in [-0.15, -0.1) is 0 Å². The number of benzene rings is 1. The predicted molar refractivity (Wildman–Crippen MR) is 78.2 cm³/mol. The summed E-state index contributed by atoms with van der Waals surface area (Å²) in [5.74, 6) is -0.105. The maximum absolute atomic E-state index is 12.6. The van der Waals surface area contributed by atoms with Crippen LogP contribution in [0.1, 0.15) is 28.0 Å². The van der Waals surface area contributed by atoms with Gasteiger partial charge < -0.3 is 9.88 Å². The number of aromatic amines is 1. The van der Waals surface area contributed by atoms with E-state index in [-0.39, 0.29) is 11.5 Å². The van der Waals surface area contributed by atoms with Crippen LogP contribution in [0.2, 0.25) is 0 Å². The second-order valence-electron chi connectivity index (χ2n) is 5.11. The molecular formula is C16H16N2O2. The number of pyridine rings is 1. The minimum absolute atomic E-state index is 0.105. The van der Waals surface area contributed by atoms with Gasteiger partial charge in [0, 0.05) is 29.6 Å². The molecule has 1 N–H and O–H groups in total. The molecule has 0 unspecified atom stereocenters. The fourth-order valence-electron chi connectivity index (χ4n) is 2.71. The number of hydrogen-bond donors (Lipinski definition) is 1. The molecule has 0 spiro atoms.